The molecule has 0 unspecified atom stereocenters. The lowest BCUT2D eigenvalue weighted by molar-refractivity contribution is -0.0247. The number of carbonyl (C=O) groups excluding carboxylic acids is 2. The van der Waals surface area contributed by atoms with Gasteiger partial charge in [0.2, 0.25) is 0 Å². The Morgan fingerprint density at radius 1 is 1.10 bits per heavy atom. The van der Waals surface area contributed by atoms with Gasteiger partial charge in [0.15, 0.2) is 0 Å². The molecule has 6 heteroatoms. The summed E-state index contributed by atoms with van der Waals surface area (Å²) >= 11 is 5.90. The van der Waals surface area contributed by atoms with Crippen molar-refractivity contribution in [3.05, 3.63) is 71.8 Å². The van der Waals surface area contributed by atoms with Crippen molar-refractivity contribution in [2.24, 2.45) is 0 Å². The Hall–Kier alpha value is -2.53. The Morgan fingerprint density at radius 3 is 2.42 bits per heavy atom. The standard InChI is InChI=1S/C25H31ClN2O3/c1-2-11-22(16-9-10-17-26)27(24(29)21-14-7-4-8-15-21)28-23(19-31-25(28)30)18-20-12-5-3-6-13-20/h3-8,12-15,22-23H,2,9-11,16-19H2,1H3/t22-,23+/m1/s1. The van der Waals surface area contributed by atoms with E-state index in [0.717, 1.165) is 37.7 Å². The van der Waals surface area contributed by atoms with Gasteiger partial charge in [0, 0.05) is 11.4 Å². The first-order valence-electron chi connectivity index (χ1n) is 11.1. The average molecular weight is 443 g/mol. The van der Waals surface area contributed by atoms with E-state index in [-0.39, 0.29) is 24.6 Å². The van der Waals surface area contributed by atoms with Crippen LogP contribution in [0.5, 0.6) is 0 Å². The SMILES string of the molecule is CCC[C@H](CCCCCl)N(C(=O)c1ccccc1)N1C(=O)OC[C@@H]1Cc1ccccc1. The maximum absolute atomic E-state index is 13.7. The van der Waals surface area contributed by atoms with Gasteiger partial charge in [-0.3, -0.25) is 4.79 Å². The van der Waals surface area contributed by atoms with Gasteiger partial charge in [-0.2, -0.15) is 0 Å². The van der Waals surface area contributed by atoms with Gasteiger partial charge in [-0.15, -0.1) is 11.6 Å². The minimum Gasteiger partial charge on any atom is -0.446 e. The number of halogens is 1. The van der Waals surface area contributed by atoms with E-state index in [0.29, 0.717) is 17.9 Å². The Morgan fingerprint density at radius 2 is 1.77 bits per heavy atom. The number of carbonyl (C=O) groups is 2. The number of rotatable bonds is 11. The molecule has 1 heterocycles. The quantitative estimate of drug-likeness (QED) is 0.332. The third-order valence-corrected chi connectivity index (χ3v) is 5.86. The van der Waals surface area contributed by atoms with E-state index in [1.54, 1.807) is 22.2 Å². The lowest BCUT2D eigenvalue weighted by Crippen LogP contribution is -2.56. The van der Waals surface area contributed by atoms with E-state index in [1.165, 1.54) is 0 Å². The molecule has 1 aliphatic heterocycles. The van der Waals surface area contributed by atoms with Crippen LogP contribution in [-0.2, 0) is 11.2 Å². The number of benzene rings is 2. The molecule has 0 bridgehead atoms. The summed E-state index contributed by atoms with van der Waals surface area (Å²) in [6.07, 6.45) is 4.47. The molecule has 3 rings (SSSR count). The molecule has 166 valence electrons. The van der Waals surface area contributed by atoms with Gasteiger partial charge in [-0.1, -0.05) is 68.3 Å². The first kappa shape index (κ1) is 23.1. The second kappa shape index (κ2) is 11.8. The van der Waals surface area contributed by atoms with E-state index >= 15 is 0 Å². The second-order valence-corrected chi connectivity index (χ2v) is 8.29. The summed E-state index contributed by atoms with van der Waals surface area (Å²) in [6, 6.07) is 18.9. The number of cyclic esters (lactones) is 1. The molecule has 0 aliphatic carbocycles. The molecular weight excluding hydrogens is 412 g/mol. The van der Waals surface area contributed by atoms with Crippen molar-refractivity contribution < 1.29 is 14.3 Å². The van der Waals surface area contributed by atoms with Gasteiger partial charge in [0.1, 0.15) is 6.61 Å². The second-order valence-electron chi connectivity index (χ2n) is 7.91. The fourth-order valence-corrected chi connectivity index (χ4v) is 4.29. The molecule has 0 aromatic heterocycles. The maximum Gasteiger partial charge on any atom is 0.429 e. The van der Waals surface area contributed by atoms with Crippen LogP contribution < -0.4 is 0 Å². The van der Waals surface area contributed by atoms with Crippen molar-refractivity contribution in [1.29, 1.82) is 0 Å². The van der Waals surface area contributed by atoms with Crippen molar-refractivity contribution in [2.75, 3.05) is 12.5 Å². The average Bonchev–Trinajstić information content (AvgIpc) is 3.15. The van der Waals surface area contributed by atoms with Crippen LogP contribution in [0.1, 0.15) is 54.9 Å². The highest BCUT2D eigenvalue weighted by Gasteiger charge is 2.42. The van der Waals surface area contributed by atoms with Crippen molar-refractivity contribution in [3.63, 3.8) is 0 Å². The van der Waals surface area contributed by atoms with E-state index in [2.05, 4.69) is 6.92 Å². The number of hydrogen-bond acceptors (Lipinski definition) is 3. The largest absolute Gasteiger partial charge is 0.446 e. The Labute approximate surface area is 189 Å². The van der Waals surface area contributed by atoms with Crippen LogP contribution in [0.2, 0.25) is 0 Å². The zero-order valence-electron chi connectivity index (χ0n) is 18.1. The molecule has 0 saturated carbocycles. The molecular formula is C25H31ClN2O3. The van der Waals surface area contributed by atoms with E-state index < -0.39 is 6.09 Å². The smallest absolute Gasteiger partial charge is 0.429 e. The molecule has 1 aliphatic rings. The van der Waals surface area contributed by atoms with Crippen LogP contribution in [0.4, 0.5) is 4.79 Å². The maximum atomic E-state index is 13.7. The van der Waals surface area contributed by atoms with E-state index in [4.69, 9.17) is 16.3 Å². The summed E-state index contributed by atoms with van der Waals surface area (Å²) < 4.78 is 5.44. The van der Waals surface area contributed by atoms with Gasteiger partial charge in [0.25, 0.3) is 5.91 Å². The summed E-state index contributed by atoms with van der Waals surface area (Å²) in [5.41, 5.74) is 1.68. The molecule has 2 atom stereocenters. The summed E-state index contributed by atoms with van der Waals surface area (Å²) in [7, 11) is 0. The molecule has 5 nitrogen and oxygen atoms in total. The minimum atomic E-state index is -0.455. The number of hydrogen-bond donors (Lipinski definition) is 0. The topological polar surface area (TPSA) is 49.9 Å². The number of amides is 2. The lowest BCUT2D eigenvalue weighted by Gasteiger charge is -2.39. The number of hydrazine groups is 1. The molecule has 1 fully saturated rings. The first-order valence-corrected chi connectivity index (χ1v) is 11.6. The Bertz CT molecular complexity index is 831. The lowest BCUT2D eigenvalue weighted by atomic mass is 10.0. The van der Waals surface area contributed by atoms with Gasteiger partial charge < -0.3 is 4.74 Å². The van der Waals surface area contributed by atoms with Gasteiger partial charge >= 0.3 is 6.09 Å². The highest BCUT2D eigenvalue weighted by molar-refractivity contribution is 6.17. The number of ether oxygens (including phenoxy) is 1. The first-order chi connectivity index (χ1) is 15.2. The summed E-state index contributed by atoms with van der Waals surface area (Å²) in [4.78, 5) is 26.6. The summed E-state index contributed by atoms with van der Waals surface area (Å²) in [5.74, 6) is 0.426. The van der Waals surface area contributed by atoms with Crippen molar-refractivity contribution in [1.82, 2.24) is 10.0 Å². The zero-order chi connectivity index (χ0) is 22.1. The molecule has 31 heavy (non-hydrogen) atoms. The monoisotopic (exact) mass is 442 g/mol. The fraction of sp³-hybridized carbons (Fsp3) is 0.440. The van der Waals surface area contributed by atoms with Gasteiger partial charge in [-0.05, 0) is 43.4 Å². The number of nitrogens with zero attached hydrogens (tertiary/aromatic N) is 2. The Balaban J connectivity index is 1.93. The third kappa shape index (κ3) is 6.01. The summed E-state index contributed by atoms with van der Waals surface area (Å²) in [5, 5.41) is 3.25. The fourth-order valence-electron chi connectivity index (χ4n) is 4.10. The van der Waals surface area contributed by atoms with Crippen molar-refractivity contribution >= 4 is 23.6 Å². The van der Waals surface area contributed by atoms with Gasteiger partial charge in [0.05, 0.1) is 12.1 Å². The molecule has 0 radical (unpaired) electrons. The van der Waals surface area contributed by atoms with Crippen LogP contribution in [-0.4, -0.2) is 46.6 Å². The van der Waals surface area contributed by atoms with E-state index in [1.807, 2.05) is 48.5 Å². The van der Waals surface area contributed by atoms with Crippen LogP contribution in [0.15, 0.2) is 60.7 Å². The van der Waals surface area contributed by atoms with Crippen LogP contribution in [0.3, 0.4) is 0 Å². The van der Waals surface area contributed by atoms with E-state index in [9.17, 15) is 9.59 Å². The molecule has 2 aromatic rings. The molecule has 0 N–H and O–H groups in total. The van der Waals surface area contributed by atoms with Crippen molar-refractivity contribution in [2.45, 2.75) is 57.5 Å². The van der Waals surface area contributed by atoms with Gasteiger partial charge in [-0.25, -0.2) is 14.8 Å². The van der Waals surface area contributed by atoms with Crippen LogP contribution >= 0.6 is 11.6 Å². The Kier molecular flexibility index (Phi) is 8.77. The summed E-state index contributed by atoms with van der Waals surface area (Å²) in [6.45, 7) is 2.37. The molecule has 1 saturated heterocycles. The predicted octanol–water partition coefficient (Wildman–Crippen LogP) is 5.69. The number of unbranched alkanes of at least 4 members (excludes halogenated alkanes) is 1. The van der Waals surface area contributed by atoms with Crippen LogP contribution in [0, 0.1) is 0 Å². The number of alkyl halides is 1. The highest BCUT2D eigenvalue weighted by atomic mass is 35.5. The molecule has 0 spiro atoms. The van der Waals surface area contributed by atoms with Crippen LogP contribution in [0.25, 0.3) is 0 Å². The normalized spacial score (nSPS) is 16.8. The third-order valence-electron chi connectivity index (χ3n) is 5.60. The molecule has 2 aromatic carbocycles. The zero-order valence-corrected chi connectivity index (χ0v) is 18.8. The van der Waals surface area contributed by atoms with Crippen molar-refractivity contribution in [3.8, 4) is 0 Å². The predicted molar refractivity (Wildman–Crippen MR) is 123 cm³/mol. The highest BCUT2D eigenvalue weighted by Crippen LogP contribution is 2.27. The minimum absolute atomic E-state index is 0.0927. The molecule has 2 amide bonds.